The summed E-state index contributed by atoms with van der Waals surface area (Å²) in [5.41, 5.74) is 3.74. The summed E-state index contributed by atoms with van der Waals surface area (Å²) in [7, 11) is 0. The number of benzene rings is 3. The first kappa shape index (κ1) is 19.4. The summed E-state index contributed by atoms with van der Waals surface area (Å²) in [6.45, 7) is 6.87. The van der Waals surface area contributed by atoms with E-state index in [-0.39, 0.29) is 0 Å². The van der Waals surface area contributed by atoms with Crippen molar-refractivity contribution in [2.45, 2.75) is 52.7 Å². The monoisotopic (exact) mass is 361 g/mol. The topological polar surface area (TPSA) is 21.3 Å². The minimum absolute atomic E-state index is 0.601. The highest BCUT2D eigenvalue weighted by atomic mass is 16.5. The van der Waals surface area contributed by atoms with E-state index in [1.54, 1.807) is 0 Å². The fourth-order valence-electron chi connectivity index (χ4n) is 3.49. The molecule has 0 heterocycles. The Morgan fingerprint density at radius 1 is 0.889 bits per heavy atom. The smallest absolute Gasteiger partial charge is 0.124 e. The lowest BCUT2D eigenvalue weighted by molar-refractivity contribution is 0.302. The molecule has 0 aliphatic rings. The lowest BCUT2D eigenvalue weighted by atomic mass is 10.0. The zero-order valence-electron chi connectivity index (χ0n) is 16.6. The molecule has 27 heavy (non-hydrogen) atoms. The van der Waals surface area contributed by atoms with Gasteiger partial charge in [0.15, 0.2) is 0 Å². The minimum atomic E-state index is 0.601. The summed E-state index contributed by atoms with van der Waals surface area (Å²) in [6, 6.07) is 21.4. The predicted octanol–water partition coefficient (Wildman–Crippen LogP) is 6.40. The predicted molar refractivity (Wildman–Crippen MR) is 115 cm³/mol. The molecule has 3 aromatic carbocycles. The molecule has 0 unspecified atom stereocenters. The molecule has 0 radical (unpaired) electrons. The van der Waals surface area contributed by atoms with Gasteiger partial charge in [0, 0.05) is 12.1 Å². The summed E-state index contributed by atoms with van der Waals surface area (Å²) >= 11 is 0. The maximum atomic E-state index is 6.24. The standard InChI is InChI=1S/C25H31NO/c1-3-4-5-8-16-26-18-24-23-13-7-6-12-22(23)14-15-25(24)27-19-21-11-9-10-20(2)17-21/h6-7,9-15,17,26H,3-5,8,16,18-19H2,1-2H3. The molecule has 0 aliphatic carbocycles. The minimum Gasteiger partial charge on any atom is -0.489 e. The highest BCUT2D eigenvalue weighted by Gasteiger charge is 2.09. The van der Waals surface area contributed by atoms with Gasteiger partial charge in [0.2, 0.25) is 0 Å². The maximum absolute atomic E-state index is 6.24. The van der Waals surface area contributed by atoms with Gasteiger partial charge < -0.3 is 10.1 Å². The van der Waals surface area contributed by atoms with Crippen LogP contribution in [0.4, 0.5) is 0 Å². The van der Waals surface area contributed by atoms with Crippen molar-refractivity contribution < 1.29 is 4.74 Å². The largest absolute Gasteiger partial charge is 0.489 e. The number of aryl methyl sites for hydroxylation is 1. The van der Waals surface area contributed by atoms with Gasteiger partial charge in [-0.15, -0.1) is 0 Å². The quantitative estimate of drug-likeness (QED) is 0.422. The highest BCUT2D eigenvalue weighted by Crippen LogP contribution is 2.29. The van der Waals surface area contributed by atoms with Gasteiger partial charge in [-0.25, -0.2) is 0 Å². The normalized spacial score (nSPS) is 11.0. The van der Waals surface area contributed by atoms with Gasteiger partial charge in [0.1, 0.15) is 12.4 Å². The van der Waals surface area contributed by atoms with Crippen LogP contribution in [0.1, 0.15) is 49.3 Å². The van der Waals surface area contributed by atoms with Crippen LogP contribution in [0, 0.1) is 6.92 Å². The molecule has 0 bridgehead atoms. The number of nitrogens with one attached hydrogen (secondary N) is 1. The Bertz CT molecular complexity index is 856. The number of ether oxygens (including phenoxy) is 1. The molecule has 3 aromatic rings. The van der Waals surface area contributed by atoms with E-state index in [4.69, 9.17) is 4.74 Å². The first-order chi connectivity index (χ1) is 13.3. The van der Waals surface area contributed by atoms with Crippen molar-refractivity contribution in [3.8, 4) is 5.75 Å². The molecule has 1 N–H and O–H groups in total. The molecule has 0 amide bonds. The van der Waals surface area contributed by atoms with Crippen molar-refractivity contribution in [3.63, 3.8) is 0 Å². The average molecular weight is 362 g/mol. The van der Waals surface area contributed by atoms with E-state index in [9.17, 15) is 0 Å². The Morgan fingerprint density at radius 2 is 1.78 bits per heavy atom. The van der Waals surface area contributed by atoms with Crippen LogP contribution in [0.5, 0.6) is 5.75 Å². The summed E-state index contributed by atoms with van der Waals surface area (Å²) in [4.78, 5) is 0. The van der Waals surface area contributed by atoms with Gasteiger partial charge in [-0.3, -0.25) is 0 Å². The van der Waals surface area contributed by atoms with Crippen molar-refractivity contribution in [1.29, 1.82) is 0 Å². The molecule has 0 saturated carbocycles. The van der Waals surface area contributed by atoms with Crippen molar-refractivity contribution >= 4 is 10.8 Å². The Balaban J connectivity index is 1.73. The van der Waals surface area contributed by atoms with Crippen LogP contribution in [0.3, 0.4) is 0 Å². The molecule has 2 nitrogen and oxygen atoms in total. The fourth-order valence-corrected chi connectivity index (χ4v) is 3.49. The van der Waals surface area contributed by atoms with Crippen LogP contribution in [-0.4, -0.2) is 6.54 Å². The van der Waals surface area contributed by atoms with Crippen molar-refractivity contribution in [2.75, 3.05) is 6.54 Å². The zero-order chi connectivity index (χ0) is 18.9. The molecule has 0 saturated heterocycles. The van der Waals surface area contributed by atoms with Crippen molar-refractivity contribution in [2.24, 2.45) is 0 Å². The Labute approximate surface area is 163 Å². The van der Waals surface area contributed by atoms with Gasteiger partial charge in [-0.1, -0.05) is 86.3 Å². The molecule has 0 spiro atoms. The number of fused-ring (bicyclic) bond motifs is 1. The highest BCUT2D eigenvalue weighted by molar-refractivity contribution is 5.87. The van der Waals surface area contributed by atoms with E-state index in [0.29, 0.717) is 6.61 Å². The van der Waals surface area contributed by atoms with E-state index in [2.05, 4.69) is 79.8 Å². The Hall–Kier alpha value is -2.32. The van der Waals surface area contributed by atoms with Gasteiger partial charge in [0.25, 0.3) is 0 Å². The van der Waals surface area contributed by atoms with Crippen LogP contribution in [-0.2, 0) is 13.2 Å². The lowest BCUT2D eigenvalue weighted by Gasteiger charge is -2.15. The SMILES string of the molecule is CCCCCCNCc1c(OCc2cccc(C)c2)ccc2ccccc12. The van der Waals surface area contributed by atoms with Crippen LogP contribution in [0.25, 0.3) is 10.8 Å². The molecule has 2 heteroatoms. The molecule has 0 aliphatic heterocycles. The molecule has 0 fully saturated rings. The third kappa shape index (κ3) is 5.58. The van der Waals surface area contributed by atoms with Gasteiger partial charge in [0.05, 0.1) is 0 Å². The second-order valence-corrected chi connectivity index (χ2v) is 7.28. The summed E-state index contributed by atoms with van der Waals surface area (Å²) < 4.78 is 6.24. The first-order valence-corrected chi connectivity index (χ1v) is 10.2. The number of hydrogen-bond acceptors (Lipinski definition) is 2. The Morgan fingerprint density at radius 3 is 2.63 bits per heavy atom. The molecule has 0 aromatic heterocycles. The molecule has 0 atom stereocenters. The molecule has 142 valence electrons. The van der Waals surface area contributed by atoms with Gasteiger partial charge in [-0.05, 0) is 42.3 Å². The molecule has 3 rings (SSSR count). The van der Waals surface area contributed by atoms with E-state index in [1.165, 1.54) is 53.1 Å². The van der Waals surface area contributed by atoms with E-state index in [1.807, 2.05) is 0 Å². The second-order valence-electron chi connectivity index (χ2n) is 7.28. The van der Waals surface area contributed by atoms with Crippen molar-refractivity contribution in [3.05, 3.63) is 77.4 Å². The van der Waals surface area contributed by atoms with E-state index < -0.39 is 0 Å². The van der Waals surface area contributed by atoms with Crippen molar-refractivity contribution in [1.82, 2.24) is 5.32 Å². The maximum Gasteiger partial charge on any atom is 0.124 e. The third-order valence-electron chi connectivity index (χ3n) is 4.98. The molecular formula is C25H31NO. The first-order valence-electron chi connectivity index (χ1n) is 10.2. The Kier molecular flexibility index (Phi) is 7.29. The second kappa shape index (κ2) is 10.1. The average Bonchev–Trinajstić information content (AvgIpc) is 2.69. The van der Waals surface area contributed by atoms with Gasteiger partial charge >= 0.3 is 0 Å². The van der Waals surface area contributed by atoms with Gasteiger partial charge in [-0.2, -0.15) is 0 Å². The van der Waals surface area contributed by atoms with E-state index in [0.717, 1.165) is 18.8 Å². The summed E-state index contributed by atoms with van der Waals surface area (Å²) in [5, 5.41) is 6.17. The summed E-state index contributed by atoms with van der Waals surface area (Å²) in [6.07, 6.45) is 5.13. The van der Waals surface area contributed by atoms with Crippen LogP contribution in [0.15, 0.2) is 60.7 Å². The summed E-state index contributed by atoms with van der Waals surface area (Å²) in [5.74, 6) is 0.983. The fraction of sp³-hybridized carbons (Fsp3) is 0.360. The van der Waals surface area contributed by atoms with Crippen LogP contribution >= 0.6 is 0 Å². The van der Waals surface area contributed by atoms with E-state index >= 15 is 0 Å². The lowest BCUT2D eigenvalue weighted by Crippen LogP contribution is -2.16. The number of unbranched alkanes of at least 4 members (excludes halogenated alkanes) is 3. The molecular weight excluding hydrogens is 330 g/mol. The van der Waals surface area contributed by atoms with Crippen LogP contribution < -0.4 is 10.1 Å². The van der Waals surface area contributed by atoms with Crippen LogP contribution in [0.2, 0.25) is 0 Å². The third-order valence-corrected chi connectivity index (χ3v) is 4.98. The number of rotatable bonds is 10. The zero-order valence-corrected chi connectivity index (χ0v) is 16.6. The number of hydrogen-bond donors (Lipinski definition) is 1.